The lowest BCUT2D eigenvalue weighted by Gasteiger charge is -2.22. The van der Waals surface area contributed by atoms with Crippen LogP contribution in [0.1, 0.15) is 102 Å². The Morgan fingerprint density at radius 2 is 1.00 bits per heavy atom. The molecule has 0 unspecified atom stereocenters. The first kappa shape index (κ1) is 35.9. The summed E-state index contributed by atoms with van der Waals surface area (Å²) in [5.74, 6) is 1.55. The molecule has 0 fully saturated rings. The molecule has 2 aromatic rings. The number of rotatable bonds is 15. The molecule has 42 heavy (non-hydrogen) atoms. The van der Waals surface area contributed by atoms with Crippen molar-refractivity contribution in [2.24, 2.45) is 0 Å². The topological polar surface area (TPSA) is 93.1 Å². The van der Waals surface area contributed by atoms with E-state index in [1.54, 1.807) is 23.5 Å². The number of aryl methyl sites for hydroxylation is 2. The van der Waals surface area contributed by atoms with E-state index in [1.165, 1.54) is 0 Å². The number of esters is 2. The van der Waals surface area contributed by atoms with Gasteiger partial charge in [0.2, 0.25) is 0 Å². The first-order valence-electron chi connectivity index (χ1n) is 14.8. The third-order valence-corrected chi connectivity index (χ3v) is 8.83. The van der Waals surface area contributed by atoms with Gasteiger partial charge < -0.3 is 19.7 Å². The molecule has 0 saturated carbocycles. The zero-order chi connectivity index (χ0) is 31.5. The molecular formula is C34H50O6S2. The summed E-state index contributed by atoms with van der Waals surface area (Å²) in [7, 11) is 0. The summed E-state index contributed by atoms with van der Waals surface area (Å²) in [4.78, 5) is 26.3. The molecule has 2 N–H and O–H groups in total. The molecule has 0 amide bonds. The third-order valence-electron chi connectivity index (χ3n) is 6.88. The minimum Gasteiger partial charge on any atom is -0.507 e. The number of carbonyl (C=O) groups is 2. The molecule has 8 heteroatoms. The SMILES string of the molecule is Cc1cc(SCCC(=O)OCCCCCCOC(=O)CCSc2cc(C)c(O)c(C(C)(C)C)c2)cc(C(C)(C)C)c1O. The highest BCUT2D eigenvalue weighted by Crippen LogP contribution is 2.38. The molecule has 234 valence electrons. The predicted molar refractivity (Wildman–Crippen MR) is 174 cm³/mol. The van der Waals surface area contributed by atoms with Gasteiger partial charge in [-0.3, -0.25) is 9.59 Å². The summed E-state index contributed by atoms with van der Waals surface area (Å²) in [6.45, 7) is 17.0. The molecule has 2 rings (SSSR count). The lowest BCUT2D eigenvalue weighted by Crippen LogP contribution is -2.12. The van der Waals surface area contributed by atoms with Gasteiger partial charge in [0.05, 0.1) is 26.1 Å². The van der Waals surface area contributed by atoms with Gasteiger partial charge in [-0.2, -0.15) is 0 Å². The fourth-order valence-electron chi connectivity index (χ4n) is 4.38. The number of ether oxygens (including phenoxy) is 2. The van der Waals surface area contributed by atoms with Crippen LogP contribution in [-0.2, 0) is 29.9 Å². The van der Waals surface area contributed by atoms with Crippen molar-refractivity contribution in [1.29, 1.82) is 0 Å². The van der Waals surface area contributed by atoms with Crippen molar-refractivity contribution in [2.75, 3.05) is 24.7 Å². The standard InChI is InChI=1S/C34H50O6S2/c1-23-19-25(21-27(31(23)37)33(3,4)5)41-17-13-29(35)39-15-11-9-10-12-16-40-30(36)14-18-42-26-20-24(2)32(38)28(22-26)34(6,7)8/h19-22,37-38H,9-18H2,1-8H3. The molecule has 0 aliphatic heterocycles. The fourth-order valence-corrected chi connectivity index (χ4v) is 6.31. The number of phenolic OH excluding ortho intramolecular Hbond substituents is 2. The maximum absolute atomic E-state index is 12.1. The summed E-state index contributed by atoms with van der Waals surface area (Å²) >= 11 is 3.20. The van der Waals surface area contributed by atoms with Crippen molar-refractivity contribution in [3.8, 4) is 11.5 Å². The summed E-state index contributed by atoms with van der Waals surface area (Å²) in [5.41, 5.74) is 3.20. The second-order valence-corrected chi connectivity index (χ2v) is 15.2. The summed E-state index contributed by atoms with van der Waals surface area (Å²) in [6.07, 6.45) is 4.08. The second kappa shape index (κ2) is 16.5. The van der Waals surface area contributed by atoms with E-state index in [1.807, 2.05) is 38.1 Å². The van der Waals surface area contributed by atoms with Crippen LogP contribution in [0.2, 0.25) is 0 Å². The minimum atomic E-state index is -0.196. The van der Waals surface area contributed by atoms with Gasteiger partial charge >= 0.3 is 11.9 Å². The van der Waals surface area contributed by atoms with E-state index in [9.17, 15) is 19.8 Å². The second-order valence-electron chi connectivity index (χ2n) is 12.8. The highest BCUT2D eigenvalue weighted by Gasteiger charge is 2.21. The lowest BCUT2D eigenvalue weighted by molar-refractivity contribution is -0.144. The molecule has 0 aliphatic carbocycles. The monoisotopic (exact) mass is 618 g/mol. The number of benzene rings is 2. The molecule has 0 saturated heterocycles. The van der Waals surface area contributed by atoms with Crippen LogP contribution in [0.15, 0.2) is 34.1 Å². The Balaban J connectivity index is 1.54. The first-order valence-corrected chi connectivity index (χ1v) is 16.8. The van der Waals surface area contributed by atoms with Crippen LogP contribution in [0.25, 0.3) is 0 Å². The minimum absolute atomic E-state index is 0.156. The van der Waals surface area contributed by atoms with E-state index in [-0.39, 0.29) is 22.8 Å². The zero-order valence-corrected chi connectivity index (χ0v) is 28.4. The number of carbonyl (C=O) groups excluding carboxylic acids is 2. The van der Waals surface area contributed by atoms with Crippen LogP contribution in [0.3, 0.4) is 0 Å². The maximum atomic E-state index is 12.1. The Labute approximate surface area is 261 Å². The summed E-state index contributed by atoms with van der Waals surface area (Å²) in [5, 5.41) is 20.8. The highest BCUT2D eigenvalue weighted by atomic mass is 32.2. The third kappa shape index (κ3) is 12.1. The van der Waals surface area contributed by atoms with Crippen LogP contribution in [0.5, 0.6) is 11.5 Å². The molecule has 2 aromatic carbocycles. The van der Waals surface area contributed by atoms with Crippen molar-refractivity contribution in [3.63, 3.8) is 0 Å². The molecule has 0 atom stereocenters. The van der Waals surface area contributed by atoms with Gasteiger partial charge in [0.1, 0.15) is 11.5 Å². The van der Waals surface area contributed by atoms with Crippen molar-refractivity contribution in [2.45, 2.75) is 115 Å². The Morgan fingerprint density at radius 3 is 1.33 bits per heavy atom. The van der Waals surface area contributed by atoms with E-state index in [2.05, 4.69) is 41.5 Å². The molecule has 0 heterocycles. The highest BCUT2D eigenvalue weighted by molar-refractivity contribution is 7.99. The fraction of sp³-hybridized carbons (Fsp3) is 0.588. The van der Waals surface area contributed by atoms with Crippen LogP contribution in [0, 0.1) is 13.8 Å². The molecule has 0 bridgehead atoms. The molecule has 0 radical (unpaired) electrons. The molecule has 0 spiro atoms. The Bertz CT molecular complexity index is 1100. The number of hydrogen-bond acceptors (Lipinski definition) is 8. The molecule has 0 aromatic heterocycles. The van der Waals surface area contributed by atoms with Crippen molar-refractivity contribution >= 4 is 35.5 Å². The Morgan fingerprint density at radius 1 is 0.643 bits per heavy atom. The maximum Gasteiger partial charge on any atom is 0.306 e. The van der Waals surface area contributed by atoms with Crippen molar-refractivity contribution in [1.82, 2.24) is 0 Å². The van der Waals surface area contributed by atoms with E-state index in [4.69, 9.17) is 9.47 Å². The average molecular weight is 619 g/mol. The van der Waals surface area contributed by atoms with E-state index in [0.29, 0.717) is 49.1 Å². The first-order chi connectivity index (χ1) is 19.6. The number of phenols is 2. The van der Waals surface area contributed by atoms with Crippen molar-refractivity contribution in [3.05, 3.63) is 46.5 Å². The smallest absolute Gasteiger partial charge is 0.306 e. The van der Waals surface area contributed by atoms with E-state index in [0.717, 1.165) is 57.7 Å². The molecule has 0 aliphatic rings. The number of aromatic hydroxyl groups is 2. The van der Waals surface area contributed by atoms with Gasteiger partial charge in [0.15, 0.2) is 0 Å². The van der Waals surface area contributed by atoms with Crippen LogP contribution in [0.4, 0.5) is 0 Å². The largest absolute Gasteiger partial charge is 0.507 e. The lowest BCUT2D eigenvalue weighted by atomic mass is 9.85. The van der Waals surface area contributed by atoms with Gasteiger partial charge in [-0.25, -0.2) is 0 Å². The quantitative estimate of drug-likeness (QED) is 0.116. The molecular weight excluding hydrogens is 569 g/mol. The summed E-state index contributed by atoms with van der Waals surface area (Å²) < 4.78 is 10.7. The summed E-state index contributed by atoms with van der Waals surface area (Å²) in [6, 6.07) is 7.93. The van der Waals surface area contributed by atoms with E-state index < -0.39 is 0 Å². The Kier molecular flexibility index (Phi) is 14.1. The van der Waals surface area contributed by atoms with Gasteiger partial charge in [-0.15, -0.1) is 23.5 Å². The Hall–Kier alpha value is -2.32. The van der Waals surface area contributed by atoms with Gasteiger partial charge in [0.25, 0.3) is 0 Å². The van der Waals surface area contributed by atoms with Gasteiger partial charge in [-0.1, -0.05) is 41.5 Å². The number of thioether (sulfide) groups is 2. The van der Waals surface area contributed by atoms with Crippen LogP contribution < -0.4 is 0 Å². The zero-order valence-electron chi connectivity index (χ0n) is 26.7. The van der Waals surface area contributed by atoms with Crippen LogP contribution in [-0.4, -0.2) is 46.9 Å². The number of unbranched alkanes of at least 4 members (excludes halogenated alkanes) is 3. The molecule has 6 nitrogen and oxygen atoms in total. The predicted octanol–water partition coefficient (Wildman–Crippen LogP) is 8.62. The normalized spacial score (nSPS) is 11.9. The number of hydrogen-bond donors (Lipinski definition) is 2. The van der Waals surface area contributed by atoms with Crippen molar-refractivity contribution < 1.29 is 29.3 Å². The van der Waals surface area contributed by atoms with E-state index >= 15 is 0 Å². The average Bonchev–Trinajstić information content (AvgIpc) is 2.88. The van der Waals surface area contributed by atoms with Gasteiger partial charge in [0, 0.05) is 32.4 Å². The van der Waals surface area contributed by atoms with Gasteiger partial charge in [-0.05, 0) is 85.8 Å². The van der Waals surface area contributed by atoms with Crippen LogP contribution >= 0.6 is 23.5 Å².